The molecule has 0 saturated carbocycles. The number of rotatable bonds is 5. The van der Waals surface area contributed by atoms with Gasteiger partial charge in [0, 0.05) is 15.9 Å². The van der Waals surface area contributed by atoms with Gasteiger partial charge in [-0.15, -0.1) is 0 Å². The van der Waals surface area contributed by atoms with Crippen LogP contribution in [0.2, 0.25) is 0 Å². The van der Waals surface area contributed by atoms with E-state index in [2.05, 4.69) is 54.2 Å². The van der Waals surface area contributed by atoms with Crippen molar-refractivity contribution in [2.24, 2.45) is 4.99 Å². The SMILES string of the molecule is CCOC(=O)C1=C(C)NC(SCc2c(C)cc(C)cc2C)=N[C@H]1c1cccc(Br)c1. The van der Waals surface area contributed by atoms with Crippen LogP contribution in [0.3, 0.4) is 0 Å². The number of hydrogen-bond acceptors (Lipinski definition) is 5. The molecule has 0 spiro atoms. The van der Waals surface area contributed by atoms with E-state index in [0.717, 1.165) is 26.7 Å². The molecule has 4 nitrogen and oxygen atoms in total. The first-order chi connectivity index (χ1) is 14.3. The van der Waals surface area contributed by atoms with E-state index in [1.165, 1.54) is 22.3 Å². The Morgan fingerprint density at radius 3 is 2.50 bits per heavy atom. The maximum absolute atomic E-state index is 12.7. The Bertz CT molecular complexity index is 1010. The third-order valence-corrected chi connectivity index (χ3v) is 6.48. The van der Waals surface area contributed by atoms with Crippen LogP contribution in [-0.2, 0) is 15.3 Å². The highest BCUT2D eigenvalue weighted by Crippen LogP contribution is 2.35. The number of amidine groups is 1. The van der Waals surface area contributed by atoms with Crippen LogP contribution < -0.4 is 5.32 Å². The lowest BCUT2D eigenvalue weighted by atomic mass is 9.97. The lowest BCUT2D eigenvalue weighted by molar-refractivity contribution is -0.138. The Morgan fingerprint density at radius 2 is 1.87 bits per heavy atom. The Balaban J connectivity index is 1.91. The molecule has 0 saturated heterocycles. The van der Waals surface area contributed by atoms with Crippen molar-refractivity contribution in [3.05, 3.63) is 80.0 Å². The van der Waals surface area contributed by atoms with Gasteiger partial charge in [0.25, 0.3) is 0 Å². The number of nitrogens with one attached hydrogen (secondary N) is 1. The summed E-state index contributed by atoms with van der Waals surface area (Å²) in [6.07, 6.45) is 0. The molecule has 0 unspecified atom stereocenters. The summed E-state index contributed by atoms with van der Waals surface area (Å²) in [6, 6.07) is 12.0. The summed E-state index contributed by atoms with van der Waals surface area (Å²) in [5.74, 6) is 0.488. The zero-order valence-corrected chi connectivity index (χ0v) is 20.4. The number of aliphatic imine (C=N–C) groups is 1. The first kappa shape index (κ1) is 22.6. The zero-order valence-electron chi connectivity index (χ0n) is 18.0. The number of hydrogen-bond donors (Lipinski definition) is 1. The van der Waals surface area contributed by atoms with Crippen molar-refractivity contribution in [3.63, 3.8) is 0 Å². The van der Waals surface area contributed by atoms with Crippen molar-refractivity contribution in [2.75, 3.05) is 6.61 Å². The number of benzene rings is 2. The molecule has 2 aromatic rings. The second-order valence-corrected chi connectivity index (χ2v) is 9.32. The third-order valence-electron chi connectivity index (χ3n) is 5.07. The maximum Gasteiger partial charge on any atom is 0.338 e. The molecule has 1 N–H and O–H groups in total. The number of allylic oxidation sites excluding steroid dienone is 1. The summed E-state index contributed by atoms with van der Waals surface area (Å²) >= 11 is 5.19. The van der Waals surface area contributed by atoms with Gasteiger partial charge < -0.3 is 10.1 Å². The number of nitrogens with zero attached hydrogens (tertiary/aromatic N) is 1. The summed E-state index contributed by atoms with van der Waals surface area (Å²) in [5.41, 5.74) is 7.48. The van der Waals surface area contributed by atoms with Crippen LogP contribution in [-0.4, -0.2) is 17.7 Å². The number of thioether (sulfide) groups is 1. The van der Waals surface area contributed by atoms with Gasteiger partial charge in [-0.1, -0.05) is 57.5 Å². The minimum absolute atomic E-state index is 0.328. The van der Waals surface area contributed by atoms with E-state index in [-0.39, 0.29) is 5.97 Å². The zero-order chi connectivity index (χ0) is 21.8. The van der Waals surface area contributed by atoms with Crippen molar-refractivity contribution in [1.82, 2.24) is 5.32 Å². The number of halogens is 1. The second-order valence-electron chi connectivity index (χ2n) is 7.44. The van der Waals surface area contributed by atoms with Gasteiger partial charge in [0.1, 0.15) is 6.04 Å². The van der Waals surface area contributed by atoms with Gasteiger partial charge in [0.05, 0.1) is 12.2 Å². The lowest BCUT2D eigenvalue weighted by Crippen LogP contribution is -2.30. The van der Waals surface area contributed by atoms with E-state index in [4.69, 9.17) is 9.73 Å². The molecule has 0 aromatic heterocycles. The predicted octanol–water partition coefficient (Wildman–Crippen LogP) is 6.15. The first-order valence-electron chi connectivity index (χ1n) is 9.97. The largest absolute Gasteiger partial charge is 0.463 e. The second kappa shape index (κ2) is 9.84. The normalized spacial score (nSPS) is 16.2. The average Bonchev–Trinajstić information content (AvgIpc) is 2.66. The fourth-order valence-corrected chi connectivity index (χ4v) is 5.25. The van der Waals surface area contributed by atoms with Gasteiger partial charge in [-0.2, -0.15) is 0 Å². The van der Waals surface area contributed by atoms with Crippen LogP contribution in [0.4, 0.5) is 0 Å². The van der Waals surface area contributed by atoms with E-state index in [9.17, 15) is 4.79 Å². The molecule has 1 heterocycles. The average molecular weight is 487 g/mol. The van der Waals surface area contributed by atoms with Crippen LogP contribution in [0, 0.1) is 20.8 Å². The van der Waals surface area contributed by atoms with Gasteiger partial charge in [-0.25, -0.2) is 9.79 Å². The minimum Gasteiger partial charge on any atom is -0.463 e. The number of esters is 1. The third kappa shape index (κ3) is 5.16. The molecule has 0 radical (unpaired) electrons. The smallest absolute Gasteiger partial charge is 0.338 e. The van der Waals surface area contributed by atoms with Crippen LogP contribution in [0.25, 0.3) is 0 Å². The molecule has 1 aliphatic rings. The highest BCUT2D eigenvalue weighted by atomic mass is 79.9. The van der Waals surface area contributed by atoms with Gasteiger partial charge in [0.15, 0.2) is 5.17 Å². The fourth-order valence-electron chi connectivity index (χ4n) is 3.69. The number of carbonyl (C=O) groups excluding carboxylic acids is 1. The summed E-state index contributed by atoms with van der Waals surface area (Å²) < 4.78 is 6.27. The molecule has 0 amide bonds. The van der Waals surface area contributed by atoms with E-state index in [0.29, 0.717) is 12.2 Å². The molecule has 1 aliphatic heterocycles. The fraction of sp³-hybridized carbons (Fsp3) is 0.333. The monoisotopic (exact) mass is 486 g/mol. The Morgan fingerprint density at radius 1 is 1.17 bits per heavy atom. The standard InChI is InChI=1S/C24H27BrN2O2S/c1-6-29-23(28)21-17(5)26-24(27-22(21)18-8-7-9-19(25)12-18)30-13-20-15(3)10-14(2)11-16(20)4/h7-12,22H,6,13H2,1-5H3,(H,26,27)/t22-/m0/s1. The van der Waals surface area contributed by atoms with Crippen molar-refractivity contribution < 1.29 is 9.53 Å². The Kier molecular flexibility index (Phi) is 7.42. The molecular formula is C24H27BrN2O2S. The molecule has 1 atom stereocenters. The van der Waals surface area contributed by atoms with Gasteiger partial charge in [0.2, 0.25) is 0 Å². The van der Waals surface area contributed by atoms with E-state index >= 15 is 0 Å². The lowest BCUT2D eigenvalue weighted by Gasteiger charge is -2.26. The molecular weight excluding hydrogens is 460 g/mol. The molecule has 3 rings (SSSR count). The van der Waals surface area contributed by atoms with Crippen molar-refractivity contribution in [3.8, 4) is 0 Å². The van der Waals surface area contributed by atoms with Crippen molar-refractivity contribution in [2.45, 2.75) is 46.4 Å². The Labute approximate surface area is 191 Å². The molecule has 2 aromatic carbocycles. The Hall–Kier alpha value is -2.05. The first-order valence-corrected chi connectivity index (χ1v) is 11.8. The number of ether oxygens (including phenoxy) is 1. The summed E-state index contributed by atoms with van der Waals surface area (Å²) in [7, 11) is 0. The van der Waals surface area contributed by atoms with Crippen LogP contribution in [0.5, 0.6) is 0 Å². The van der Waals surface area contributed by atoms with Crippen LogP contribution in [0.1, 0.15) is 47.7 Å². The number of carbonyl (C=O) groups is 1. The molecule has 30 heavy (non-hydrogen) atoms. The van der Waals surface area contributed by atoms with E-state index < -0.39 is 6.04 Å². The van der Waals surface area contributed by atoms with Crippen molar-refractivity contribution in [1.29, 1.82) is 0 Å². The number of aryl methyl sites for hydroxylation is 3. The van der Waals surface area contributed by atoms with Crippen molar-refractivity contribution >= 4 is 38.8 Å². The quantitative estimate of drug-likeness (QED) is 0.515. The maximum atomic E-state index is 12.7. The highest BCUT2D eigenvalue weighted by Gasteiger charge is 2.30. The molecule has 158 valence electrons. The van der Waals surface area contributed by atoms with E-state index in [1.54, 1.807) is 11.8 Å². The van der Waals surface area contributed by atoms with Crippen LogP contribution >= 0.6 is 27.7 Å². The predicted molar refractivity (Wildman–Crippen MR) is 129 cm³/mol. The summed E-state index contributed by atoms with van der Waals surface area (Å²) in [5, 5.41) is 4.13. The molecule has 0 bridgehead atoms. The van der Waals surface area contributed by atoms with Crippen LogP contribution in [0.15, 0.2) is 57.1 Å². The molecule has 0 aliphatic carbocycles. The van der Waals surface area contributed by atoms with Gasteiger partial charge in [-0.3, -0.25) is 0 Å². The topological polar surface area (TPSA) is 50.7 Å². The highest BCUT2D eigenvalue weighted by molar-refractivity contribution is 9.10. The summed E-state index contributed by atoms with van der Waals surface area (Å²) in [4.78, 5) is 17.6. The minimum atomic E-state index is -0.398. The molecule has 0 fully saturated rings. The summed E-state index contributed by atoms with van der Waals surface area (Å²) in [6.45, 7) is 10.5. The molecule has 6 heteroatoms. The van der Waals surface area contributed by atoms with E-state index in [1.807, 2.05) is 38.1 Å². The van der Waals surface area contributed by atoms with Gasteiger partial charge in [-0.05, 0) is 69.0 Å². The van der Waals surface area contributed by atoms with Gasteiger partial charge >= 0.3 is 5.97 Å².